The number of hydrogen-bond acceptors (Lipinski definition) is 2. The molecule has 48 heavy (non-hydrogen) atoms. The van der Waals surface area contributed by atoms with Crippen LogP contribution in [-0.2, 0) is 0 Å². The second-order valence-corrected chi connectivity index (χ2v) is 12.0. The van der Waals surface area contributed by atoms with Crippen LogP contribution in [0.15, 0.2) is 158 Å². The number of hydrogen-bond donors (Lipinski definition) is 0. The van der Waals surface area contributed by atoms with Gasteiger partial charge in [0.15, 0.2) is 0 Å². The summed E-state index contributed by atoms with van der Waals surface area (Å²) in [4.78, 5) is 0. The number of nitrogens with zero attached hydrogens (tertiary/aromatic N) is 4. The van der Waals surface area contributed by atoms with E-state index in [0.29, 0.717) is 11.1 Å². The van der Waals surface area contributed by atoms with E-state index in [4.69, 9.17) is 0 Å². The van der Waals surface area contributed by atoms with E-state index in [9.17, 15) is 10.5 Å². The molecule has 0 saturated carbocycles. The van der Waals surface area contributed by atoms with Gasteiger partial charge in [-0.2, -0.15) is 10.5 Å². The van der Waals surface area contributed by atoms with Crippen LogP contribution in [-0.4, -0.2) is 9.13 Å². The number of aromatic nitrogens is 2. The first-order valence-electron chi connectivity index (χ1n) is 15.9. The van der Waals surface area contributed by atoms with E-state index in [1.807, 2.05) is 48.5 Å². The standard InChI is InChI=1S/C44H26N4/c45-27-29-20-25-43-38(26-29)36-13-3-5-16-39(36)47(43)32-23-21-30(22-24-32)33-15-9-10-31(28-46)44(33)37-14-4-8-19-42(37)48-40-17-6-1-11-34(40)35-12-2-7-18-41(35)48/h1-26H. The summed E-state index contributed by atoms with van der Waals surface area (Å²) < 4.78 is 4.57. The number of rotatable bonds is 4. The molecule has 0 atom stereocenters. The highest BCUT2D eigenvalue weighted by atomic mass is 15.0. The maximum atomic E-state index is 10.4. The minimum atomic E-state index is 0.625. The minimum absolute atomic E-state index is 0.625. The fourth-order valence-corrected chi connectivity index (χ4v) is 7.35. The Labute approximate surface area is 277 Å². The first kappa shape index (κ1) is 27.4. The lowest BCUT2D eigenvalue weighted by atomic mass is 9.89. The summed E-state index contributed by atoms with van der Waals surface area (Å²) in [6.07, 6.45) is 0. The molecule has 222 valence electrons. The molecular formula is C44H26N4. The second-order valence-electron chi connectivity index (χ2n) is 12.0. The zero-order chi connectivity index (χ0) is 32.2. The van der Waals surface area contributed by atoms with Gasteiger partial charge < -0.3 is 9.13 Å². The van der Waals surface area contributed by atoms with Crippen molar-refractivity contribution in [2.24, 2.45) is 0 Å². The smallest absolute Gasteiger partial charge is 0.0998 e. The fraction of sp³-hybridized carbons (Fsp3) is 0. The summed E-state index contributed by atoms with van der Waals surface area (Å²) >= 11 is 0. The van der Waals surface area contributed by atoms with E-state index in [1.165, 1.54) is 10.8 Å². The third-order valence-electron chi connectivity index (χ3n) is 9.42. The highest BCUT2D eigenvalue weighted by Gasteiger charge is 2.20. The van der Waals surface area contributed by atoms with Crippen LogP contribution in [0.1, 0.15) is 11.1 Å². The molecule has 0 fully saturated rings. The van der Waals surface area contributed by atoms with E-state index in [-0.39, 0.29) is 0 Å². The Kier molecular flexibility index (Phi) is 6.22. The van der Waals surface area contributed by atoms with Gasteiger partial charge in [0, 0.05) is 38.4 Å². The number of para-hydroxylation sites is 4. The van der Waals surface area contributed by atoms with Crippen LogP contribution in [0, 0.1) is 22.7 Å². The molecule has 0 N–H and O–H groups in total. The van der Waals surface area contributed by atoms with E-state index in [2.05, 4.69) is 130 Å². The van der Waals surface area contributed by atoms with Gasteiger partial charge in [-0.25, -0.2) is 0 Å². The van der Waals surface area contributed by atoms with Crippen LogP contribution in [0.3, 0.4) is 0 Å². The average Bonchev–Trinajstić information content (AvgIpc) is 3.67. The van der Waals surface area contributed by atoms with E-state index >= 15 is 0 Å². The van der Waals surface area contributed by atoms with E-state index < -0.39 is 0 Å². The Morgan fingerprint density at radius 2 is 0.979 bits per heavy atom. The molecule has 0 saturated heterocycles. The van der Waals surface area contributed by atoms with Gasteiger partial charge in [0.1, 0.15) is 0 Å². The van der Waals surface area contributed by atoms with Crippen molar-refractivity contribution in [3.63, 3.8) is 0 Å². The zero-order valence-corrected chi connectivity index (χ0v) is 25.8. The van der Waals surface area contributed by atoms with Gasteiger partial charge in [0.2, 0.25) is 0 Å². The molecule has 0 aliphatic rings. The van der Waals surface area contributed by atoms with Crippen molar-refractivity contribution >= 4 is 43.6 Å². The van der Waals surface area contributed by atoms with Crippen molar-refractivity contribution in [1.29, 1.82) is 10.5 Å². The van der Waals surface area contributed by atoms with Gasteiger partial charge in [0.25, 0.3) is 0 Å². The first-order valence-corrected chi connectivity index (χ1v) is 15.9. The Bertz CT molecular complexity index is 2750. The van der Waals surface area contributed by atoms with Crippen LogP contribution in [0.25, 0.3) is 77.2 Å². The molecule has 9 rings (SSSR count). The number of fused-ring (bicyclic) bond motifs is 6. The molecule has 0 aliphatic heterocycles. The third-order valence-corrected chi connectivity index (χ3v) is 9.42. The Morgan fingerprint density at radius 3 is 1.65 bits per heavy atom. The number of nitriles is 2. The summed E-state index contributed by atoms with van der Waals surface area (Å²) in [5.74, 6) is 0. The van der Waals surface area contributed by atoms with Gasteiger partial charge in [-0.3, -0.25) is 0 Å². The predicted molar refractivity (Wildman–Crippen MR) is 195 cm³/mol. The highest BCUT2D eigenvalue weighted by molar-refractivity contribution is 6.11. The van der Waals surface area contributed by atoms with Crippen LogP contribution in [0.5, 0.6) is 0 Å². The van der Waals surface area contributed by atoms with Crippen LogP contribution in [0.4, 0.5) is 0 Å². The SMILES string of the molecule is N#Cc1ccc2c(c1)c1ccccc1n2-c1ccc(-c2cccc(C#N)c2-c2ccccc2-n2c3ccccc3c3ccccc32)cc1. The quantitative estimate of drug-likeness (QED) is 0.199. The van der Waals surface area contributed by atoms with Crippen LogP contribution < -0.4 is 0 Å². The Morgan fingerprint density at radius 1 is 0.417 bits per heavy atom. The fourth-order valence-electron chi connectivity index (χ4n) is 7.35. The topological polar surface area (TPSA) is 57.4 Å². The summed E-state index contributed by atoms with van der Waals surface area (Å²) in [7, 11) is 0. The normalized spacial score (nSPS) is 11.3. The molecule has 2 aromatic heterocycles. The van der Waals surface area contributed by atoms with Gasteiger partial charge in [0.05, 0.1) is 51.0 Å². The lowest BCUT2D eigenvalue weighted by molar-refractivity contribution is 1.18. The molecule has 0 aliphatic carbocycles. The summed E-state index contributed by atoms with van der Waals surface area (Å²) in [6, 6.07) is 58.9. The molecule has 0 radical (unpaired) electrons. The third kappa shape index (κ3) is 4.07. The van der Waals surface area contributed by atoms with Crippen molar-refractivity contribution in [3.05, 3.63) is 169 Å². The second kappa shape index (κ2) is 10.9. The molecular weight excluding hydrogens is 585 g/mol. The molecule has 0 amide bonds. The number of benzene rings is 7. The van der Waals surface area contributed by atoms with Gasteiger partial charge in [-0.15, -0.1) is 0 Å². The molecule has 0 unspecified atom stereocenters. The Balaban J connectivity index is 1.24. The summed E-state index contributed by atoms with van der Waals surface area (Å²) in [5.41, 5.74) is 11.6. The van der Waals surface area contributed by atoms with Gasteiger partial charge in [-0.1, -0.05) is 97.1 Å². The van der Waals surface area contributed by atoms with Crippen molar-refractivity contribution in [3.8, 4) is 45.8 Å². The largest absolute Gasteiger partial charge is 0.309 e. The summed E-state index contributed by atoms with van der Waals surface area (Å²) in [6.45, 7) is 0. The molecule has 0 spiro atoms. The van der Waals surface area contributed by atoms with Crippen LogP contribution >= 0.6 is 0 Å². The zero-order valence-electron chi connectivity index (χ0n) is 25.8. The molecule has 9 aromatic rings. The maximum Gasteiger partial charge on any atom is 0.0998 e. The molecule has 4 heteroatoms. The Hall–Kier alpha value is -6.88. The van der Waals surface area contributed by atoms with Crippen molar-refractivity contribution in [2.45, 2.75) is 0 Å². The highest BCUT2D eigenvalue weighted by Crippen LogP contribution is 2.41. The van der Waals surface area contributed by atoms with Gasteiger partial charge in [-0.05, 0) is 71.8 Å². The van der Waals surface area contributed by atoms with Crippen molar-refractivity contribution in [2.75, 3.05) is 0 Å². The maximum absolute atomic E-state index is 10.4. The predicted octanol–water partition coefficient (Wildman–Crippen LogP) is 11.0. The lowest BCUT2D eigenvalue weighted by Crippen LogP contribution is -1.99. The van der Waals surface area contributed by atoms with Crippen molar-refractivity contribution < 1.29 is 0 Å². The first-order chi connectivity index (χ1) is 23.7. The molecule has 7 aromatic carbocycles. The average molecular weight is 611 g/mol. The molecule has 4 nitrogen and oxygen atoms in total. The lowest BCUT2D eigenvalue weighted by Gasteiger charge is -2.18. The van der Waals surface area contributed by atoms with Crippen molar-refractivity contribution in [1.82, 2.24) is 9.13 Å². The monoisotopic (exact) mass is 610 g/mol. The molecule has 2 heterocycles. The summed E-state index contributed by atoms with van der Waals surface area (Å²) in [5, 5.41) is 24.6. The van der Waals surface area contributed by atoms with E-state index in [1.54, 1.807) is 0 Å². The minimum Gasteiger partial charge on any atom is -0.309 e. The van der Waals surface area contributed by atoms with Gasteiger partial charge >= 0.3 is 0 Å². The van der Waals surface area contributed by atoms with E-state index in [0.717, 1.165) is 66.5 Å². The van der Waals surface area contributed by atoms with Crippen LogP contribution in [0.2, 0.25) is 0 Å². The molecule has 0 bridgehead atoms.